The summed E-state index contributed by atoms with van der Waals surface area (Å²) >= 11 is 0. The third kappa shape index (κ3) is 4.82. The number of aromatic nitrogens is 2. The molecule has 0 saturated heterocycles. The molecule has 0 bridgehead atoms. The molecule has 0 aliphatic carbocycles. The van der Waals surface area contributed by atoms with Crippen LogP contribution in [0, 0.1) is 0 Å². The van der Waals surface area contributed by atoms with Gasteiger partial charge in [0.25, 0.3) is 0 Å². The van der Waals surface area contributed by atoms with Crippen LogP contribution in [0.5, 0.6) is 17.5 Å². The summed E-state index contributed by atoms with van der Waals surface area (Å²) in [6.07, 6.45) is 3.19. The quantitative estimate of drug-likeness (QED) is 0.586. The smallest absolute Gasteiger partial charge is 0.245 e. The highest BCUT2D eigenvalue weighted by Gasteiger charge is 2.20. The van der Waals surface area contributed by atoms with Crippen LogP contribution in [-0.2, 0) is 11.3 Å². The van der Waals surface area contributed by atoms with E-state index in [2.05, 4.69) is 9.97 Å². The fourth-order valence-electron chi connectivity index (χ4n) is 2.63. The highest BCUT2D eigenvalue weighted by atomic mass is 19.1. The third-order valence-corrected chi connectivity index (χ3v) is 3.90. The van der Waals surface area contributed by atoms with E-state index in [0.717, 1.165) is 5.56 Å². The first-order valence-electron chi connectivity index (χ1n) is 8.77. The Labute approximate surface area is 162 Å². The number of ether oxygens (including phenoxy) is 2. The Hall–Kier alpha value is -3.48. The summed E-state index contributed by atoms with van der Waals surface area (Å²) < 4.78 is 23.7. The largest absolute Gasteiger partial charge is 0.491 e. The number of benzene rings is 1. The van der Waals surface area contributed by atoms with Gasteiger partial charge in [0.1, 0.15) is 24.7 Å². The van der Waals surface area contributed by atoms with Gasteiger partial charge in [0.2, 0.25) is 17.7 Å². The van der Waals surface area contributed by atoms with Crippen LogP contribution < -0.4 is 14.4 Å². The number of para-hydroxylation sites is 1. The second-order valence-corrected chi connectivity index (χ2v) is 5.85. The van der Waals surface area contributed by atoms with Crippen molar-refractivity contribution < 1.29 is 18.7 Å². The van der Waals surface area contributed by atoms with Gasteiger partial charge in [-0.25, -0.2) is 14.4 Å². The lowest BCUT2D eigenvalue weighted by Gasteiger charge is -2.24. The third-order valence-electron chi connectivity index (χ3n) is 3.90. The second-order valence-electron chi connectivity index (χ2n) is 5.85. The van der Waals surface area contributed by atoms with E-state index in [4.69, 9.17) is 9.47 Å². The molecule has 0 saturated carbocycles. The van der Waals surface area contributed by atoms with Crippen molar-refractivity contribution in [2.24, 2.45) is 0 Å². The van der Waals surface area contributed by atoms with Gasteiger partial charge in [0.05, 0.1) is 6.54 Å². The zero-order valence-electron chi connectivity index (χ0n) is 15.4. The molecular weight excluding hydrogens is 361 g/mol. The highest BCUT2D eigenvalue weighted by Crippen LogP contribution is 2.31. The maximum atomic E-state index is 12.5. The predicted molar refractivity (Wildman–Crippen MR) is 103 cm³/mol. The lowest BCUT2D eigenvalue weighted by atomic mass is 10.1. The van der Waals surface area contributed by atoms with Gasteiger partial charge in [-0.15, -0.1) is 0 Å². The van der Waals surface area contributed by atoms with E-state index >= 15 is 0 Å². The van der Waals surface area contributed by atoms with Gasteiger partial charge in [-0.1, -0.05) is 24.3 Å². The summed E-state index contributed by atoms with van der Waals surface area (Å²) in [7, 11) is 0. The van der Waals surface area contributed by atoms with Crippen LogP contribution >= 0.6 is 0 Å². The van der Waals surface area contributed by atoms with Crippen LogP contribution in [0.2, 0.25) is 0 Å². The molecule has 0 N–H and O–H groups in total. The topological polar surface area (TPSA) is 64.6 Å². The van der Waals surface area contributed by atoms with Gasteiger partial charge in [-0.05, 0) is 24.3 Å². The monoisotopic (exact) mass is 381 g/mol. The molecule has 6 nitrogen and oxygen atoms in total. The van der Waals surface area contributed by atoms with Crippen molar-refractivity contribution in [3.63, 3.8) is 0 Å². The normalized spacial score (nSPS) is 10.4. The summed E-state index contributed by atoms with van der Waals surface area (Å²) in [6.45, 7) is 1.05. The molecule has 2 heterocycles. The number of alkyl halides is 1. The average Bonchev–Trinajstić information content (AvgIpc) is 2.72. The molecule has 28 heavy (non-hydrogen) atoms. The number of carbonyl (C=O) groups is 1. The maximum Gasteiger partial charge on any atom is 0.245 e. The maximum absolute atomic E-state index is 12.5. The van der Waals surface area contributed by atoms with Gasteiger partial charge >= 0.3 is 0 Å². The molecule has 3 aromatic rings. The molecule has 3 rings (SSSR count). The summed E-state index contributed by atoms with van der Waals surface area (Å²) in [4.78, 5) is 22.3. The van der Waals surface area contributed by atoms with E-state index in [1.165, 1.54) is 11.8 Å². The van der Waals surface area contributed by atoms with Crippen molar-refractivity contribution in [2.45, 2.75) is 13.5 Å². The molecule has 0 radical (unpaired) electrons. The molecule has 0 fully saturated rings. The Morgan fingerprint density at radius 1 is 1.04 bits per heavy atom. The van der Waals surface area contributed by atoms with Gasteiger partial charge in [-0.3, -0.25) is 4.79 Å². The molecule has 0 aliphatic rings. The van der Waals surface area contributed by atoms with Crippen LogP contribution in [0.25, 0.3) is 0 Å². The second kappa shape index (κ2) is 9.45. The van der Waals surface area contributed by atoms with Crippen molar-refractivity contribution in [2.75, 3.05) is 18.2 Å². The molecular formula is C21H20FN3O3. The standard InChI is InChI=1S/C21H20FN3O3/c1-16(26)25(15-17-7-2-3-9-19(17)27-14-11-22)18-8-6-13-24-21(18)28-20-10-4-5-12-23-20/h2-10,12-13H,11,14-15H2,1H3. The molecule has 0 aliphatic heterocycles. The number of amides is 1. The van der Waals surface area contributed by atoms with Crippen molar-refractivity contribution in [1.29, 1.82) is 0 Å². The van der Waals surface area contributed by atoms with Gasteiger partial charge in [0, 0.05) is 30.9 Å². The van der Waals surface area contributed by atoms with Crippen LogP contribution in [-0.4, -0.2) is 29.2 Å². The number of nitrogens with zero attached hydrogens (tertiary/aromatic N) is 3. The summed E-state index contributed by atoms with van der Waals surface area (Å²) in [5.41, 5.74) is 1.25. The number of carbonyl (C=O) groups excluding carboxylic acids is 1. The zero-order valence-corrected chi connectivity index (χ0v) is 15.4. The number of pyridine rings is 2. The first-order valence-corrected chi connectivity index (χ1v) is 8.77. The van der Waals surface area contributed by atoms with Crippen molar-refractivity contribution in [3.8, 4) is 17.5 Å². The fraction of sp³-hybridized carbons (Fsp3) is 0.190. The van der Waals surface area contributed by atoms with Gasteiger partial charge < -0.3 is 14.4 Å². The first kappa shape index (κ1) is 19.3. The SMILES string of the molecule is CC(=O)N(Cc1ccccc1OCCF)c1cccnc1Oc1ccccn1. The Balaban J connectivity index is 1.91. The minimum Gasteiger partial charge on any atom is -0.491 e. The van der Waals surface area contributed by atoms with E-state index in [1.54, 1.807) is 54.9 Å². The van der Waals surface area contributed by atoms with Crippen LogP contribution in [0.4, 0.5) is 10.1 Å². The predicted octanol–water partition coefficient (Wildman–Crippen LogP) is 4.17. The molecule has 144 valence electrons. The number of rotatable bonds is 8. The van der Waals surface area contributed by atoms with Crippen LogP contribution in [0.15, 0.2) is 67.0 Å². The number of anilines is 1. The Bertz CT molecular complexity index is 922. The van der Waals surface area contributed by atoms with Crippen molar-refractivity contribution in [3.05, 3.63) is 72.6 Å². The molecule has 7 heteroatoms. The Kier molecular flexibility index (Phi) is 6.51. The molecule has 0 atom stereocenters. The van der Waals surface area contributed by atoms with Crippen LogP contribution in [0.3, 0.4) is 0 Å². The van der Waals surface area contributed by atoms with Gasteiger partial charge in [0.15, 0.2) is 0 Å². The van der Waals surface area contributed by atoms with E-state index in [-0.39, 0.29) is 24.9 Å². The van der Waals surface area contributed by atoms with E-state index in [0.29, 0.717) is 17.3 Å². The Morgan fingerprint density at radius 3 is 2.57 bits per heavy atom. The molecule has 0 unspecified atom stereocenters. The van der Waals surface area contributed by atoms with E-state index < -0.39 is 6.67 Å². The van der Waals surface area contributed by atoms with Crippen LogP contribution in [0.1, 0.15) is 12.5 Å². The molecule has 2 aromatic heterocycles. The minimum atomic E-state index is -0.588. The van der Waals surface area contributed by atoms with E-state index in [1.807, 2.05) is 12.1 Å². The summed E-state index contributed by atoms with van der Waals surface area (Å²) in [5, 5.41) is 0. The Morgan fingerprint density at radius 2 is 1.82 bits per heavy atom. The fourth-order valence-corrected chi connectivity index (χ4v) is 2.63. The molecule has 1 amide bonds. The molecule has 0 spiro atoms. The lowest BCUT2D eigenvalue weighted by molar-refractivity contribution is -0.116. The lowest BCUT2D eigenvalue weighted by Crippen LogP contribution is -2.28. The zero-order chi connectivity index (χ0) is 19.8. The van der Waals surface area contributed by atoms with Crippen molar-refractivity contribution >= 4 is 11.6 Å². The molecule has 1 aromatic carbocycles. The van der Waals surface area contributed by atoms with Gasteiger partial charge in [-0.2, -0.15) is 0 Å². The van der Waals surface area contributed by atoms with Crippen molar-refractivity contribution in [1.82, 2.24) is 9.97 Å². The summed E-state index contributed by atoms with van der Waals surface area (Å²) in [5.74, 6) is 0.970. The number of hydrogen-bond donors (Lipinski definition) is 0. The highest BCUT2D eigenvalue weighted by molar-refractivity contribution is 5.92. The average molecular weight is 381 g/mol. The minimum absolute atomic E-state index is 0.0436. The number of hydrogen-bond acceptors (Lipinski definition) is 5. The van der Waals surface area contributed by atoms with E-state index in [9.17, 15) is 9.18 Å². The number of halogens is 1. The first-order chi connectivity index (χ1) is 13.7. The summed E-state index contributed by atoms with van der Waals surface area (Å²) in [6, 6.07) is 16.0.